The van der Waals surface area contributed by atoms with E-state index in [4.69, 9.17) is 12.5 Å². The van der Waals surface area contributed by atoms with Crippen LogP contribution in [0.2, 0.25) is 0 Å². The second-order valence-corrected chi connectivity index (χ2v) is 25.8. The van der Waals surface area contributed by atoms with Crippen LogP contribution in [-0.2, 0) is 77.7 Å². The molecule has 0 heterocycles. The van der Waals surface area contributed by atoms with E-state index in [0.717, 1.165) is 0 Å². The van der Waals surface area contributed by atoms with Gasteiger partial charge in [-0.2, -0.15) is 64.8 Å². The molecule has 0 radical (unpaired) electrons. The molecular weight excluding hydrogens is 992 g/mol. The molecule has 0 saturated carbocycles. The van der Waals surface area contributed by atoms with Crippen molar-refractivity contribution in [3.8, 4) is 23.0 Å². The monoisotopic (exact) mass is 1040 g/mol. The molecule has 0 amide bonds. The molecule has 1 aliphatic carbocycles. The minimum atomic E-state index is -6.66. The molecule has 22 heteroatoms. The van der Waals surface area contributed by atoms with Crippen molar-refractivity contribution in [2.75, 3.05) is 0 Å². The quantitative estimate of drug-likeness (QED) is 0.0989. The third-order valence-corrected chi connectivity index (χ3v) is 14.3. The number of phenolic OH excluding ortho intramolecular Hbond substituents is 1. The molecule has 5 rings (SSSR count). The smallest absolute Gasteiger partial charge is 0.507 e. The molecule has 0 spiro atoms. The number of benzene rings is 4. The van der Waals surface area contributed by atoms with Gasteiger partial charge in [0, 0.05) is 59.1 Å². The summed E-state index contributed by atoms with van der Waals surface area (Å²) in [6.45, 7) is 20.2. The van der Waals surface area contributed by atoms with Crippen molar-refractivity contribution >= 4 is 30.4 Å². The molecule has 10 nitrogen and oxygen atoms in total. The number of alkyl halides is 9. The van der Waals surface area contributed by atoms with E-state index < -0.39 is 139 Å². The first-order chi connectivity index (χ1) is 30.7. The van der Waals surface area contributed by atoms with Gasteiger partial charge in [0.15, 0.2) is 0 Å². The van der Waals surface area contributed by atoms with Crippen LogP contribution >= 0.6 is 0 Å². The number of aromatic hydroxyl groups is 1. The first kappa shape index (κ1) is 55.2. The molecule has 382 valence electrons. The molecule has 69 heavy (non-hydrogen) atoms. The van der Waals surface area contributed by atoms with Crippen LogP contribution in [0, 0.1) is 0 Å². The highest BCUT2D eigenvalue weighted by atomic mass is 32.2. The third kappa shape index (κ3) is 11.9. The summed E-state index contributed by atoms with van der Waals surface area (Å²) in [5.41, 5.74) is -23.2. The fourth-order valence-electron chi connectivity index (χ4n) is 7.43. The van der Waals surface area contributed by atoms with Crippen molar-refractivity contribution in [1.82, 2.24) is 0 Å². The molecule has 4 aromatic carbocycles. The van der Waals surface area contributed by atoms with Crippen molar-refractivity contribution in [3.63, 3.8) is 0 Å². The molecule has 0 saturated heterocycles. The van der Waals surface area contributed by atoms with Crippen molar-refractivity contribution in [2.45, 2.75) is 147 Å². The van der Waals surface area contributed by atoms with E-state index in [-0.39, 0.29) is 27.8 Å². The average molecular weight is 1050 g/mol. The Kier molecular flexibility index (Phi) is 14.1. The van der Waals surface area contributed by atoms with Crippen molar-refractivity contribution in [1.29, 1.82) is 0 Å². The van der Waals surface area contributed by atoms with Crippen LogP contribution in [0.3, 0.4) is 0 Å². The van der Waals surface area contributed by atoms with Crippen LogP contribution in [0.25, 0.3) is 0 Å². The van der Waals surface area contributed by atoms with Gasteiger partial charge in [-0.1, -0.05) is 132 Å². The molecule has 1 aliphatic rings. The second kappa shape index (κ2) is 17.6. The number of phenols is 1. The zero-order valence-electron chi connectivity index (χ0n) is 39.7. The maximum Gasteiger partial charge on any atom is 0.534 e. The fourth-order valence-corrected chi connectivity index (χ4v) is 9.01. The minimum absolute atomic E-state index is 0.0781. The lowest BCUT2D eigenvalue weighted by molar-refractivity contribution is -0.0505. The molecule has 0 atom stereocenters. The molecule has 0 aromatic heterocycles. The third-order valence-electron chi connectivity index (χ3n) is 11.4. The van der Waals surface area contributed by atoms with Gasteiger partial charge in [-0.3, -0.25) is 0 Å². The van der Waals surface area contributed by atoms with Crippen LogP contribution in [0.15, 0.2) is 48.5 Å². The number of fused-ring (bicyclic) bond motifs is 8. The van der Waals surface area contributed by atoms with Crippen LogP contribution in [0.1, 0.15) is 150 Å². The Balaban J connectivity index is 2.14. The predicted molar refractivity (Wildman–Crippen MR) is 240 cm³/mol. The lowest BCUT2D eigenvalue weighted by Gasteiger charge is -2.28. The standard InChI is InChI=1S/C47H53F9O10S3/c1-41(2,3)33-17-25-13-27-19-34(42(4,5)6)21-29(38(27)64-67(58,59)45(48,49)50)15-31-23-36(44(10,11)12)24-32(40(31)66-69(62,63)47(54,55)56)16-30-22-35(43(7,8)9)20-28(14-26(18-33)37(25)57)39(30)65-68(60,61)46(51,52)53/h17-24,57H,13-16H2,1-12H3. The highest BCUT2D eigenvalue weighted by molar-refractivity contribution is 7.88. The number of hydrogen-bond donors (Lipinski definition) is 1. The maximum absolute atomic E-state index is 14.4. The van der Waals surface area contributed by atoms with Gasteiger partial charge in [0.2, 0.25) is 0 Å². The van der Waals surface area contributed by atoms with Gasteiger partial charge in [-0.15, -0.1) is 0 Å². The molecule has 0 aliphatic heterocycles. The Labute approximate surface area is 396 Å². The zero-order valence-corrected chi connectivity index (χ0v) is 42.1. The Morgan fingerprint density at radius 3 is 0.667 bits per heavy atom. The largest absolute Gasteiger partial charge is 0.534 e. The Bertz CT molecular complexity index is 2860. The van der Waals surface area contributed by atoms with E-state index in [2.05, 4.69) is 0 Å². The van der Waals surface area contributed by atoms with Crippen molar-refractivity contribution < 1.29 is 82.4 Å². The number of rotatable bonds is 6. The van der Waals surface area contributed by atoms with Crippen LogP contribution in [-0.4, -0.2) is 46.9 Å². The van der Waals surface area contributed by atoms with Gasteiger partial charge in [0.05, 0.1) is 0 Å². The lowest BCUT2D eigenvalue weighted by Crippen LogP contribution is -2.30. The van der Waals surface area contributed by atoms with Crippen LogP contribution in [0.5, 0.6) is 23.0 Å². The van der Waals surface area contributed by atoms with Crippen LogP contribution < -0.4 is 12.5 Å². The molecule has 8 bridgehead atoms. The van der Waals surface area contributed by atoms with E-state index in [1.165, 1.54) is 48.5 Å². The van der Waals surface area contributed by atoms with Gasteiger partial charge >= 0.3 is 46.9 Å². The molecule has 0 fully saturated rings. The van der Waals surface area contributed by atoms with E-state index >= 15 is 0 Å². The predicted octanol–water partition coefficient (Wildman–Crippen LogP) is 11.9. The summed E-state index contributed by atoms with van der Waals surface area (Å²) in [6, 6.07) is 10.3. The van der Waals surface area contributed by atoms with Gasteiger partial charge in [0.25, 0.3) is 0 Å². The molecule has 1 N–H and O–H groups in total. The van der Waals surface area contributed by atoms with E-state index in [9.17, 15) is 69.9 Å². The molecular formula is C47H53F9O10S3. The highest BCUT2D eigenvalue weighted by Crippen LogP contribution is 2.46. The molecule has 0 unspecified atom stereocenters. The lowest BCUT2D eigenvalue weighted by atomic mass is 9.79. The van der Waals surface area contributed by atoms with Gasteiger partial charge in [-0.25, -0.2) is 0 Å². The average Bonchev–Trinajstić information content (AvgIpc) is 3.12. The Morgan fingerprint density at radius 2 is 0.507 bits per heavy atom. The van der Waals surface area contributed by atoms with Crippen LogP contribution in [0.4, 0.5) is 39.5 Å². The van der Waals surface area contributed by atoms with Gasteiger partial charge in [0.1, 0.15) is 23.0 Å². The van der Waals surface area contributed by atoms with Gasteiger partial charge < -0.3 is 17.7 Å². The highest BCUT2D eigenvalue weighted by Gasteiger charge is 2.51. The summed E-state index contributed by atoms with van der Waals surface area (Å²) >= 11 is 0. The summed E-state index contributed by atoms with van der Waals surface area (Å²) in [5, 5.41) is 12.2. The Morgan fingerprint density at radius 1 is 0.348 bits per heavy atom. The van der Waals surface area contributed by atoms with Crippen molar-refractivity contribution in [3.05, 3.63) is 115 Å². The minimum Gasteiger partial charge on any atom is -0.507 e. The SMILES string of the molecule is CC(C)(C)c1cc2c(O)c(c1)Cc1cc(C(C)(C)C)cc(c1OS(=O)(=O)C(F)(F)F)Cc1cc(C(C)(C)C)cc(c1OS(=O)(=O)C(F)(F)F)Cc1cc(C(C)(C)C)cc(c1OS(=O)(=O)C(F)(F)F)C2. The van der Waals surface area contributed by atoms with E-state index in [0.29, 0.717) is 16.7 Å². The van der Waals surface area contributed by atoms with E-state index in [1.54, 1.807) is 83.1 Å². The maximum atomic E-state index is 14.4. The fraction of sp³-hybridized carbons (Fsp3) is 0.489. The Hall–Kier alpha value is -4.70. The topological polar surface area (TPSA) is 150 Å². The summed E-state index contributed by atoms with van der Waals surface area (Å²) in [7, 11) is -19.7. The summed E-state index contributed by atoms with van der Waals surface area (Å²) in [6.07, 6.45) is -3.09. The van der Waals surface area contributed by atoms with Crippen molar-refractivity contribution in [2.24, 2.45) is 0 Å². The zero-order chi connectivity index (χ0) is 52.8. The normalized spacial score (nSPS) is 14.9. The summed E-state index contributed by atoms with van der Waals surface area (Å²) < 4.78 is 222. The second-order valence-electron chi connectivity index (χ2n) is 21.2. The number of halogens is 9. The van der Waals surface area contributed by atoms with E-state index in [1.807, 2.05) is 0 Å². The first-order valence-corrected chi connectivity index (χ1v) is 25.3. The van der Waals surface area contributed by atoms with Gasteiger partial charge in [-0.05, 0) is 55.0 Å². The number of hydrogen-bond acceptors (Lipinski definition) is 10. The first-order valence-electron chi connectivity index (χ1n) is 21.1. The molecule has 4 aromatic rings. The summed E-state index contributed by atoms with van der Waals surface area (Å²) in [4.78, 5) is 0. The summed E-state index contributed by atoms with van der Waals surface area (Å²) in [5.74, 6) is -3.63.